The van der Waals surface area contributed by atoms with Crippen LogP contribution in [0.3, 0.4) is 0 Å². The summed E-state index contributed by atoms with van der Waals surface area (Å²) in [5.74, 6) is 0.902. The summed E-state index contributed by atoms with van der Waals surface area (Å²) in [7, 11) is 0. The van der Waals surface area contributed by atoms with Gasteiger partial charge in [-0.3, -0.25) is 15.0 Å². The minimum absolute atomic E-state index is 0.1000. The molecule has 170 valence electrons. The lowest BCUT2D eigenvalue weighted by molar-refractivity contribution is -0.384. The number of benzene rings is 3. The monoisotopic (exact) mass is 442 g/mol. The lowest BCUT2D eigenvalue weighted by Gasteiger charge is -2.36. The molecule has 1 heterocycles. The third-order valence-corrected chi connectivity index (χ3v) is 6.69. The van der Waals surface area contributed by atoms with Crippen LogP contribution in [0, 0.1) is 16.0 Å². The maximum Gasteiger partial charge on any atom is 0.292 e. The molecule has 0 unspecified atom stereocenters. The minimum atomic E-state index is -0.299. The van der Waals surface area contributed by atoms with E-state index in [9.17, 15) is 10.1 Å². The zero-order valence-corrected chi connectivity index (χ0v) is 18.8. The second-order valence-electron chi connectivity index (χ2n) is 9.09. The number of rotatable bonds is 8. The Bertz CT molecular complexity index is 1040. The van der Waals surface area contributed by atoms with E-state index in [1.807, 2.05) is 48.5 Å². The van der Waals surface area contributed by atoms with Crippen LogP contribution in [0.2, 0.25) is 0 Å². The van der Waals surface area contributed by atoms with Gasteiger partial charge in [-0.2, -0.15) is 0 Å². The summed E-state index contributed by atoms with van der Waals surface area (Å²) in [5, 5.41) is 15.4. The summed E-state index contributed by atoms with van der Waals surface area (Å²) in [6.07, 6.45) is 2.75. The maximum absolute atomic E-state index is 11.9. The molecule has 2 aliphatic rings. The summed E-state index contributed by atoms with van der Waals surface area (Å²) in [6.45, 7) is 5.21. The Morgan fingerprint density at radius 1 is 0.879 bits per heavy atom. The van der Waals surface area contributed by atoms with E-state index in [4.69, 9.17) is 0 Å². The molecular formula is C27H30N4O2. The molecule has 1 saturated heterocycles. The molecule has 1 aliphatic carbocycles. The summed E-state index contributed by atoms with van der Waals surface area (Å²) in [5.41, 5.74) is 3.82. The lowest BCUT2D eigenvalue weighted by atomic mass is 9.98. The van der Waals surface area contributed by atoms with Gasteiger partial charge in [0.15, 0.2) is 0 Å². The summed E-state index contributed by atoms with van der Waals surface area (Å²) >= 11 is 0. The minimum Gasteiger partial charge on any atom is -0.369 e. The van der Waals surface area contributed by atoms with Crippen molar-refractivity contribution in [3.05, 3.63) is 100 Å². The molecule has 0 aromatic heterocycles. The van der Waals surface area contributed by atoms with Crippen molar-refractivity contribution in [3.63, 3.8) is 0 Å². The van der Waals surface area contributed by atoms with Gasteiger partial charge in [-0.15, -0.1) is 0 Å². The molecule has 0 radical (unpaired) electrons. The number of piperazine rings is 1. The SMILES string of the molecule is O=[N+]([O-])c1ccc(N2CCN(CC3CC3)CC2)cc1NC(c1ccccc1)c1ccccc1. The highest BCUT2D eigenvalue weighted by atomic mass is 16.6. The molecule has 0 amide bonds. The number of hydrogen-bond acceptors (Lipinski definition) is 5. The van der Waals surface area contributed by atoms with Crippen molar-refractivity contribution in [1.82, 2.24) is 4.90 Å². The highest BCUT2D eigenvalue weighted by molar-refractivity contribution is 5.70. The predicted molar refractivity (Wildman–Crippen MR) is 133 cm³/mol. The Morgan fingerprint density at radius 2 is 1.48 bits per heavy atom. The van der Waals surface area contributed by atoms with Gasteiger partial charge in [0.2, 0.25) is 0 Å². The average Bonchev–Trinajstić information content (AvgIpc) is 3.68. The van der Waals surface area contributed by atoms with Crippen LogP contribution in [0.15, 0.2) is 78.9 Å². The van der Waals surface area contributed by atoms with Crippen LogP contribution in [0.1, 0.15) is 30.0 Å². The molecule has 3 aromatic carbocycles. The van der Waals surface area contributed by atoms with Crippen LogP contribution in [-0.2, 0) is 0 Å². The normalized spacial score (nSPS) is 16.7. The number of nitrogens with one attached hydrogen (secondary N) is 1. The van der Waals surface area contributed by atoms with Gasteiger partial charge in [-0.1, -0.05) is 60.7 Å². The van der Waals surface area contributed by atoms with E-state index in [1.165, 1.54) is 19.4 Å². The average molecular weight is 443 g/mol. The van der Waals surface area contributed by atoms with Crippen LogP contribution >= 0.6 is 0 Å². The van der Waals surface area contributed by atoms with E-state index in [1.54, 1.807) is 6.07 Å². The summed E-state index contributed by atoms with van der Waals surface area (Å²) in [6, 6.07) is 25.5. The molecule has 5 rings (SSSR count). The molecule has 0 spiro atoms. The van der Waals surface area contributed by atoms with E-state index < -0.39 is 0 Å². The first-order chi connectivity index (χ1) is 16.2. The third kappa shape index (κ3) is 5.17. The van der Waals surface area contributed by atoms with E-state index in [0.29, 0.717) is 5.69 Å². The van der Waals surface area contributed by atoms with Crippen LogP contribution < -0.4 is 10.2 Å². The van der Waals surface area contributed by atoms with E-state index in [2.05, 4.69) is 39.4 Å². The predicted octanol–water partition coefficient (Wildman–Crippen LogP) is 5.33. The number of nitro groups is 1. The first-order valence-corrected chi connectivity index (χ1v) is 11.8. The highest BCUT2D eigenvalue weighted by Gasteiger charge is 2.27. The third-order valence-electron chi connectivity index (χ3n) is 6.69. The zero-order valence-electron chi connectivity index (χ0n) is 18.8. The Balaban J connectivity index is 1.41. The fourth-order valence-electron chi connectivity index (χ4n) is 4.66. The Labute approximate surface area is 195 Å². The van der Waals surface area contributed by atoms with Crippen molar-refractivity contribution in [2.24, 2.45) is 5.92 Å². The van der Waals surface area contributed by atoms with Crippen LogP contribution in [0.4, 0.5) is 17.1 Å². The smallest absolute Gasteiger partial charge is 0.292 e. The fourth-order valence-corrected chi connectivity index (χ4v) is 4.66. The molecule has 6 nitrogen and oxygen atoms in total. The van der Waals surface area contributed by atoms with Gasteiger partial charge in [-0.25, -0.2) is 0 Å². The van der Waals surface area contributed by atoms with Gasteiger partial charge in [0.25, 0.3) is 5.69 Å². The van der Waals surface area contributed by atoms with Crippen molar-refractivity contribution < 1.29 is 4.92 Å². The maximum atomic E-state index is 11.9. The quantitative estimate of drug-likeness (QED) is 0.377. The van der Waals surface area contributed by atoms with Crippen molar-refractivity contribution in [1.29, 1.82) is 0 Å². The first kappa shape index (κ1) is 21.5. The number of nitro benzene ring substituents is 1. The first-order valence-electron chi connectivity index (χ1n) is 11.8. The van der Waals surface area contributed by atoms with Crippen LogP contribution in [0.25, 0.3) is 0 Å². The van der Waals surface area contributed by atoms with Crippen molar-refractivity contribution >= 4 is 17.1 Å². The Hall–Kier alpha value is -3.38. The van der Waals surface area contributed by atoms with Crippen LogP contribution in [0.5, 0.6) is 0 Å². The largest absolute Gasteiger partial charge is 0.369 e. The van der Waals surface area contributed by atoms with Gasteiger partial charge >= 0.3 is 0 Å². The number of hydrogen-bond donors (Lipinski definition) is 1. The molecule has 1 N–H and O–H groups in total. The van der Waals surface area contributed by atoms with Gasteiger partial charge in [0.1, 0.15) is 5.69 Å². The Morgan fingerprint density at radius 3 is 2.03 bits per heavy atom. The zero-order chi connectivity index (χ0) is 22.6. The lowest BCUT2D eigenvalue weighted by Crippen LogP contribution is -2.47. The van der Waals surface area contributed by atoms with E-state index in [-0.39, 0.29) is 16.7 Å². The summed E-state index contributed by atoms with van der Waals surface area (Å²) in [4.78, 5) is 16.5. The van der Waals surface area contributed by atoms with E-state index >= 15 is 0 Å². The summed E-state index contributed by atoms with van der Waals surface area (Å²) < 4.78 is 0. The molecule has 1 aliphatic heterocycles. The molecule has 6 heteroatoms. The second-order valence-corrected chi connectivity index (χ2v) is 9.09. The number of nitrogens with zero attached hydrogens (tertiary/aromatic N) is 3. The highest BCUT2D eigenvalue weighted by Crippen LogP contribution is 2.35. The van der Waals surface area contributed by atoms with Crippen molar-refractivity contribution in [3.8, 4) is 0 Å². The standard InChI is InChI=1S/C27H30N4O2/c32-31(33)26-14-13-24(30-17-15-29(16-18-30)20-21-11-12-21)19-25(26)28-27(22-7-3-1-4-8-22)23-9-5-2-6-10-23/h1-10,13-14,19,21,27-28H,11-12,15-18,20H2. The van der Waals surface area contributed by atoms with Crippen molar-refractivity contribution in [2.45, 2.75) is 18.9 Å². The van der Waals surface area contributed by atoms with Gasteiger partial charge < -0.3 is 10.2 Å². The van der Waals surface area contributed by atoms with Crippen LogP contribution in [-0.4, -0.2) is 42.5 Å². The Kier molecular flexibility index (Phi) is 6.26. The fraction of sp³-hybridized carbons (Fsp3) is 0.333. The van der Waals surface area contributed by atoms with E-state index in [0.717, 1.165) is 48.9 Å². The molecular weight excluding hydrogens is 412 g/mol. The van der Waals surface area contributed by atoms with Gasteiger partial charge in [0, 0.05) is 44.5 Å². The second kappa shape index (κ2) is 9.63. The van der Waals surface area contributed by atoms with Gasteiger partial charge in [0.05, 0.1) is 11.0 Å². The van der Waals surface area contributed by atoms with Crippen molar-refractivity contribution in [2.75, 3.05) is 42.9 Å². The molecule has 0 atom stereocenters. The molecule has 3 aromatic rings. The molecule has 0 bridgehead atoms. The van der Waals surface area contributed by atoms with Gasteiger partial charge in [-0.05, 0) is 42.0 Å². The number of anilines is 2. The molecule has 1 saturated carbocycles. The molecule has 2 fully saturated rings. The molecule has 33 heavy (non-hydrogen) atoms. The topological polar surface area (TPSA) is 61.7 Å².